The molecule has 0 amide bonds. The lowest BCUT2D eigenvalue weighted by Gasteiger charge is -2.19. The zero-order chi connectivity index (χ0) is 13.9. The van der Waals surface area contributed by atoms with E-state index < -0.39 is 0 Å². The predicted molar refractivity (Wildman–Crippen MR) is 87.1 cm³/mol. The second kappa shape index (κ2) is 11.0. The molecule has 1 fully saturated rings. The van der Waals surface area contributed by atoms with Crippen LogP contribution in [0.2, 0.25) is 0 Å². The number of hydrogen-bond acceptors (Lipinski definition) is 3. The normalized spacial score (nSPS) is 21.2. The Kier molecular flexibility index (Phi) is 10.0. The number of nitrogens with one attached hydrogen (secondary N) is 1. The fourth-order valence-electron chi connectivity index (χ4n) is 2.50. The minimum absolute atomic E-state index is 0.565. The summed E-state index contributed by atoms with van der Waals surface area (Å²) in [5.41, 5.74) is 0. The molecular formula is C16H33NOS. The SMILES string of the molecule is CCCNC(CCCC1CCCO1)CSCC(C)C. The van der Waals surface area contributed by atoms with Gasteiger partial charge in [-0.1, -0.05) is 20.8 Å². The largest absolute Gasteiger partial charge is 0.378 e. The minimum Gasteiger partial charge on any atom is -0.378 e. The van der Waals surface area contributed by atoms with Gasteiger partial charge in [-0.3, -0.25) is 0 Å². The first-order chi connectivity index (χ1) is 9.22. The van der Waals surface area contributed by atoms with Gasteiger partial charge in [-0.25, -0.2) is 0 Å². The van der Waals surface area contributed by atoms with Gasteiger partial charge in [-0.05, 0) is 56.7 Å². The molecule has 1 heterocycles. The maximum Gasteiger partial charge on any atom is 0.0576 e. The highest BCUT2D eigenvalue weighted by atomic mass is 32.2. The van der Waals surface area contributed by atoms with Gasteiger partial charge in [0, 0.05) is 18.4 Å². The number of hydrogen-bond donors (Lipinski definition) is 1. The molecule has 3 heteroatoms. The van der Waals surface area contributed by atoms with Crippen molar-refractivity contribution in [2.75, 3.05) is 24.7 Å². The lowest BCUT2D eigenvalue weighted by Crippen LogP contribution is -2.32. The lowest BCUT2D eigenvalue weighted by atomic mass is 10.1. The maximum atomic E-state index is 5.70. The molecule has 2 nitrogen and oxygen atoms in total. The van der Waals surface area contributed by atoms with Crippen LogP contribution in [0.1, 0.15) is 59.3 Å². The van der Waals surface area contributed by atoms with E-state index in [1.54, 1.807) is 0 Å². The molecule has 114 valence electrons. The number of thioether (sulfide) groups is 1. The van der Waals surface area contributed by atoms with Crippen LogP contribution in [0.4, 0.5) is 0 Å². The molecular weight excluding hydrogens is 254 g/mol. The second-order valence-electron chi connectivity index (χ2n) is 6.15. The van der Waals surface area contributed by atoms with Crippen LogP contribution in [-0.2, 0) is 4.74 Å². The van der Waals surface area contributed by atoms with Crippen molar-refractivity contribution in [3.8, 4) is 0 Å². The van der Waals surface area contributed by atoms with Crippen molar-refractivity contribution in [2.45, 2.75) is 71.4 Å². The van der Waals surface area contributed by atoms with E-state index in [-0.39, 0.29) is 0 Å². The minimum atomic E-state index is 0.565. The van der Waals surface area contributed by atoms with Crippen molar-refractivity contribution in [3.05, 3.63) is 0 Å². The van der Waals surface area contributed by atoms with Crippen molar-refractivity contribution >= 4 is 11.8 Å². The van der Waals surface area contributed by atoms with Crippen LogP contribution >= 0.6 is 11.8 Å². The zero-order valence-electron chi connectivity index (χ0n) is 13.1. The van der Waals surface area contributed by atoms with Crippen molar-refractivity contribution in [2.24, 2.45) is 5.92 Å². The summed E-state index contributed by atoms with van der Waals surface area (Å²) in [4.78, 5) is 0. The summed E-state index contributed by atoms with van der Waals surface area (Å²) in [6, 6.07) is 0.699. The summed E-state index contributed by atoms with van der Waals surface area (Å²) in [6.45, 7) is 9.01. The summed E-state index contributed by atoms with van der Waals surface area (Å²) in [5.74, 6) is 3.36. The topological polar surface area (TPSA) is 21.3 Å². The maximum absolute atomic E-state index is 5.70. The van der Waals surface area contributed by atoms with Crippen molar-refractivity contribution < 1.29 is 4.74 Å². The van der Waals surface area contributed by atoms with Gasteiger partial charge >= 0.3 is 0 Å². The number of rotatable bonds is 11. The fraction of sp³-hybridized carbons (Fsp3) is 1.00. The Bertz CT molecular complexity index is 205. The molecule has 1 aliphatic rings. The van der Waals surface area contributed by atoms with E-state index in [1.165, 1.54) is 50.0 Å². The molecule has 0 aliphatic carbocycles. The van der Waals surface area contributed by atoms with Crippen molar-refractivity contribution in [3.63, 3.8) is 0 Å². The van der Waals surface area contributed by atoms with Crippen LogP contribution in [0.25, 0.3) is 0 Å². The van der Waals surface area contributed by atoms with Gasteiger partial charge in [0.2, 0.25) is 0 Å². The molecule has 0 saturated carbocycles. The fourth-order valence-corrected chi connectivity index (χ4v) is 3.68. The molecule has 1 rings (SSSR count). The van der Waals surface area contributed by atoms with Crippen molar-refractivity contribution in [1.29, 1.82) is 0 Å². The van der Waals surface area contributed by atoms with E-state index in [9.17, 15) is 0 Å². The van der Waals surface area contributed by atoms with Crippen LogP contribution in [-0.4, -0.2) is 36.8 Å². The third-order valence-electron chi connectivity index (χ3n) is 3.56. The van der Waals surface area contributed by atoms with Gasteiger partial charge in [-0.15, -0.1) is 0 Å². The molecule has 0 aromatic carbocycles. The molecule has 0 aromatic heterocycles. The van der Waals surface area contributed by atoms with E-state index in [4.69, 9.17) is 4.74 Å². The standard InChI is InChI=1S/C16H33NOS/c1-4-10-17-15(13-19-12-14(2)3)7-5-8-16-9-6-11-18-16/h14-17H,4-13H2,1-3H3. The van der Waals surface area contributed by atoms with Gasteiger partial charge in [0.25, 0.3) is 0 Å². The van der Waals surface area contributed by atoms with E-state index in [1.807, 2.05) is 0 Å². The molecule has 0 radical (unpaired) electrons. The molecule has 1 aliphatic heterocycles. The smallest absolute Gasteiger partial charge is 0.0576 e. The highest BCUT2D eigenvalue weighted by Crippen LogP contribution is 2.19. The molecule has 2 unspecified atom stereocenters. The highest BCUT2D eigenvalue weighted by Gasteiger charge is 2.16. The van der Waals surface area contributed by atoms with Crippen LogP contribution in [0, 0.1) is 5.92 Å². The van der Waals surface area contributed by atoms with E-state index >= 15 is 0 Å². The summed E-state index contributed by atoms with van der Waals surface area (Å²) >= 11 is 2.11. The average molecular weight is 288 g/mol. The van der Waals surface area contributed by atoms with Crippen LogP contribution in [0.5, 0.6) is 0 Å². The quantitative estimate of drug-likeness (QED) is 0.618. The van der Waals surface area contributed by atoms with Gasteiger partial charge in [0.15, 0.2) is 0 Å². The average Bonchev–Trinajstić information content (AvgIpc) is 2.88. The highest BCUT2D eigenvalue weighted by molar-refractivity contribution is 7.99. The molecule has 19 heavy (non-hydrogen) atoms. The third kappa shape index (κ3) is 8.93. The van der Waals surface area contributed by atoms with Crippen molar-refractivity contribution in [1.82, 2.24) is 5.32 Å². The van der Waals surface area contributed by atoms with Crippen LogP contribution in [0.3, 0.4) is 0 Å². The van der Waals surface area contributed by atoms with Crippen LogP contribution < -0.4 is 5.32 Å². The molecule has 0 spiro atoms. The van der Waals surface area contributed by atoms with E-state index in [0.717, 1.165) is 19.1 Å². The summed E-state index contributed by atoms with van der Waals surface area (Å²) in [5, 5.41) is 3.71. The van der Waals surface area contributed by atoms with Gasteiger partial charge < -0.3 is 10.1 Å². The second-order valence-corrected chi connectivity index (χ2v) is 7.22. The van der Waals surface area contributed by atoms with E-state index in [0.29, 0.717) is 12.1 Å². The molecule has 0 bridgehead atoms. The number of ether oxygens (including phenoxy) is 1. The summed E-state index contributed by atoms with van der Waals surface area (Å²) in [7, 11) is 0. The lowest BCUT2D eigenvalue weighted by molar-refractivity contribution is 0.101. The first-order valence-corrected chi connectivity index (χ1v) is 9.30. The monoisotopic (exact) mass is 287 g/mol. The van der Waals surface area contributed by atoms with Gasteiger partial charge in [-0.2, -0.15) is 11.8 Å². The predicted octanol–water partition coefficient (Wildman–Crippen LogP) is 4.09. The molecule has 1 N–H and O–H groups in total. The molecule has 1 saturated heterocycles. The first-order valence-electron chi connectivity index (χ1n) is 8.15. The Hall–Kier alpha value is 0.270. The van der Waals surface area contributed by atoms with Gasteiger partial charge in [0.1, 0.15) is 0 Å². The summed E-state index contributed by atoms with van der Waals surface area (Å²) < 4.78 is 5.70. The Morgan fingerprint density at radius 2 is 2.16 bits per heavy atom. The Balaban J connectivity index is 2.11. The first kappa shape index (κ1) is 17.3. The molecule has 0 aromatic rings. The Morgan fingerprint density at radius 1 is 1.32 bits per heavy atom. The van der Waals surface area contributed by atoms with Crippen LogP contribution in [0.15, 0.2) is 0 Å². The van der Waals surface area contributed by atoms with Gasteiger partial charge in [0.05, 0.1) is 6.10 Å². The Labute approximate surface area is 124 Å². The third-order valence-corrected chi connectivity index (χ3v) is 5.10. The summed E-state index contributed by atoms with van der Waals surface area (Å²) in [6.07, 6.45) is 8.24. The molecule has 2 atom stereocenters. The Morgan fingerprint density at radius 3 is 2.79 bits per heavy atom. The zero-order valence-corrected chi connectivity index (χ0v) is 13.9. The van der Waals surface area contributed by atoms with E-state index in [2.05, 4.69) is 37.8 Å².